The zero-order valence-electron chi connectivity index (χ0n) is 10.8. The number of esters is 1. The first-order valence-corrected chi connectivity index (χ1v) is 6.41. The van der Waals surface area contributed by atoms with Gasteiger partial charge in [-0.25, -0.2) is 14.8 Å². The van der Waals surface area contributed by atoms with Crippen molar-refractivity contribution >= 4 is 40.8 Å². The van der Waals surface area contributed by atoms with E-state index < -0.39 is 5.97 Å². The van der Waals surface area contributed by atoms with Gasteiger partial charge in [0.15, 0.2) is 0 Å². The number of anilines is 2. The molecule has 0 aliphatic rings. The largest absolute Gasteiger partial charge is 0.465 e. The van der Waals surface area contributed by atoms with Crippen LogP contribution < -0.4 is 5.32 Å². The summed E-state index contributed by atoms with van der Waals surface area (Å²) < 4.78 is 4.63. The molecular weight excluding hydrogens is 301 g/mol. The Bertz CT molecular complexity index is 662. The van der Waals surface area contributed by atoms with Gasteiger partial charge >= 0.3 is 5.97 Å². The lowest BCUT2D eigenvalue weighted by Gasteiger charge is -2.09. The van der Waals surface area contributed by atoms with E-state index in [1.807, 2.05) is 0 Å². The molecule has 0 aliphatic carbocycles. The van der Waals surface area contributed by atoms with Crippen LogP contribution in [0.4, 0.5) is 11.6 Å². The van der Waals surface area contributed by atoms with Gasteiger partial charge in [-0.05, 0) is 25.1 Å². The predicted octanol–water partition coefficient (Wildman–Crippen LogP) is 3.62. The SMILES string of the molecule is COC(=O)c1cnc(Nc2ccc(Cl)cc2Cl)nc1C. The van der Waals surface area contributed by atoms with Crippen molar-refractivity contribution in [1.29, 1.82) is 0 Å². The van der Waals surface area contributed by atoms with Crippen molar-refractivity contribution < 1.29 is 9.53 Å². The summed E-state index contributed by atoms with van der Waals surface area (Å²) in [6, 6.07) is 5.03. The van der Waals surface area contributed by atoms with E-state index in [-0.39, 0.29) is 0 Å². The lowest BCUT2D eigenvalue weighted by atomic mass is 10.2. The van der Waals surface area contributed by atoms with Crippen LogP contribution in [0.2, 0.25) is 10.0 Å². The second-order valence-corrected chi connectivity index (χ2v) is 4.78. The summed E-state index contributed by atoms with van der Waals surface area (Å²) in [4.78, 5) is 19.7. The van der Waals surface area contributed by atoms with Crippen molar-refractivity contribution in [3.8, 4) is 0 Å². The molecule has 0 unspecified atom stereocenters. The molecule has 1 N–H and O–H groups in total. The van der Waals surface area contributed by atoms with E-state index in [0.717, 1.165) is 0 Å². The summed E-state index contributed by atoms with van der Waals surface area (Å²) in [6.45, 7) is 1.70. The Morgan fingerprint density at radius 2 is 2.10 bits per heavy atom. The molecule has 0 spiro atoms. The molecule has 2 aromatic rings. The average molecular weight is 312 g/mol. The second kappa shape index (κ2) is 6.07. The number of nitrogens with one attached hydrogen (secondary N) is 1. The third-order valence-corrected chi connectivity index (χ3v) is 3.11. The minimum atomic E-state index is -0.474. The van der Waals surface area contributed by atoms with Crippen molar-refractivity contribution in [2.75, 3.05) is 12.4 Å². The molecule has 0 bridgehead atoms. The van der Waals surface area contributed by atoms with E-state index in [2.05, 4.69) is 20.0 Å². The summed E-state index contributed by atoms with van der Waals surface area (Å²) in [6.07, 6.45) is 1.40. The van der Waals surface area contributed by atoms with Gasteiger partial charge in [-0.15, -0.1) is 0 Å². The highest BCUT2D eigenvalue weighted by molar-refractivity contribution is 6.36. The number of nitrogens with zero attached hydrogens (tertiary/aromatic N) is 2. The van der Waals surface area contributed by atoms with Gasteiger partial charge < -0.3 is 10.1 Å². The van der Waals surface area contributed by atoms with Crippen molar-refractivity contribution in [2.45, 2.75) is 6.92 Å². The van der Waals surface area contributed by atoms with Gasteiger partial charge in [0.25, 0.3) is 0 Å². The molecule has 104 valence electrons. The highest BCUT2D eigenvalue weighted by Gasteiger charge is 2.12. The smallest absolute Gasteiger partial charge is 0.341 e. The number of hydrogen-bond acceptors (Lipinski definition) is 5. The van der Waals surface area contributed by atoms with Crippen LogP contribution in [0.1, 0.15) is 16.1 Å². The number of rotatable bonds is 3. The Morgan fingerprint density at radius 1 is 1.35 bits per heavy atom. The molecule has 20 heavy (non-hydrogen) atoms. The Kier molecular flexibility index (Phi) is 4.42. The third kappa shape index (κ3) is 3.18. The van der Waals surface area contributed by atoms with Gasteiger partial charge in [0, 0.05) is 11.2 Å². The zero-order valence-corrected chi connectivity index (χ0v) is 12.3. The summed E-state index contributed by atoms with van der Waals surface area (Å²) in [5, 5.41) is 3.95. The minimum absolute atomic E-state index is 0.320. The molecule has 0 amide bonds. The number of benzene rings is 1. The van der Waals surface area contributed by atoms with Crippen LogP contribution in [0.25, 0.3) is 0 Å². The second-order valence-electron chi connectivity index (χ2n) is 3.93. The molecule has 1 aromatic carbocycles. The number of carbonyl (C=O) groups is 1. The van der Waals surface area contributed by atoms with E-state index >= 15 is 0 Å². The van der Waals surface area contributed by atoms with Crippen LogP contribution in [0.15, 0.2) is 24.4 Å². The number of ether oxygens (including phenoxy) is 1. The summed E-state index contributed by atoms with van der Waals surface area (Å²) >= 11 is 11.9. The average Bonchev–Trinajstić information content (AvgIpc) is 2.41. The fraction of sp³-hybridized carbons (Fsp3) is 0.154. The molecule has 7 heteroatoms. The molecule has 0 fully saturated rings. The Morgan fingerprint density at radius 3 is 2.70 bits per heavy atom. The molecule has 5 nitrogen and oxygen atoms in total. The van der Waals surface area contributed by atoms with Crippen molar-refractivity contribution in [1.82, 2.24) is 9.97 Å². The molecule has 0 saturated heterocycles. The van der Waals surface area contributed by atoms with Gasteiger partial charge in [0.1, 0.15) is 0 Å². The highest BCUT2D eigenvalue weighted by Crippen LogP contribution is 2.27. The Hall–Kier alpha value is -1.85. The van der Waals surface area contributed by atoms with Gasteiger partial charge in [-0.1, -0.05) is 23.2 Å². The zero-order chi connectivity index (χ0) is 14.7. The minimum Gasteiger partial charge on any atom is -0.465 e. The Balaban J connectivity index is 2.26. The maximum absolute atomic E-state index is 11.4. The van der Waals surface area contributed by atoms with E-state index in [9.17, 15) is 4.79 Å². The van der Waals surface area contributed by atoms with Gasteiger partial charge in [0.05, 0.1) is 29.1 Å². The van der Waals surface area contributed by atoms with Crippen LogP contribution in [0, 0.1) is 6.92 Å². The van der Waals surface area contributed by atoms with Gasteiger partial charge in [0.2, 0.25) is 5.95 Å². The highest BCUT2D eigenvalue weighted by atomic mass is 35.5. The molecule has 2 rings (SSSR count). The standard InChI is InChI=1S/C13H11Cl2N3O2/c1-7-9(12(19)20-2)6-16-13(17-7)18-11-4-3-8(14)5-10(11)15/h3-6H,1-2H3,(H,16,17,18). The maximum atomic E-state index is 11.4. The van der Waals surface area contributed by atoms with E-state index in [4.69, 9.17) is 23.2 Å². The van der Waals surface area contributed by atoms with Crippen LogP contribution in [0.3, 0.4) is 0 Å². The molecule has 1 heterocycles. The fourth-order valence-electron chi connectivity index (χ4n) is 1.55. The lowest BCUT2D eigenvalue weighted by molar-refractivity contribution is 0.0599. The number of hydrogen-bond donors (Lipinski definition) is 1. The first-order chi connectivity index (χ1) is 9.51. The maximum Gasteiger partial charge on any atom is 0.341 e. The number of carbonyl (C=O) groups excluding carboxylic acids is 1. The molecular formula is C13H11Cl2N3O2. The van der Waals surface area contributed by atoms with Crippen molar-refractivity contribution in [3.05, 3.63) is 45.7 Å². The van der Waals surface area contributed by atoms with E-state index in [1.165, 1.54) is 13.3 Å². The fourth-order valence-corrected chi connectivity index (χ4v) is 2.00. The Labute approximate surface area is 125 Å². The molecule has 0 saturated carbocycles. The van der Waals surface area contributed by atoms with Crippen LogP contribution >= 0.6 is 23.2 Å². The van der Waals surface area contributed by atoms with Crippen LogP contribution in [-0.2, 0) is 4.74 Å². The normalized spacial score (nSPS) is 10.2. The summed E-state index contributed by atoms with van der Waals surface area (Å²) in [5.41, 5.74) is 1.46. The number of methoxy groups -OCH3 is 1. The predicted molar refractivity (Wildman–Crippen MR) is 77.9 cm³/mol. The molecule has 0 atom stereocenters. The monoisotopic (exact) mass is 311 g/mol. The van der Waals surface area contributed by atoms with Crippen LogP contribution in [-0.4, -0.2) is 23.0 Å². The molecule has 1 aromatic heterocycles. The van der Waals surface area contributed by atoms with Crippen molar-refractivity contribution in [3.63, 3.8) is 0 Å². The molecule has 0 radical (unpaired) electrons. The first-order valence-electron chi connectivity index (χ1n) is 5.65. The topological polar surface area (TPSA) is 64.1 Å². The number of halogens is 2. The molecule has 0 aliphatic heterocycles. The number of aromatic nitrogens is 2. The third-order valence-electron chi connectivity index (χ3n) is 2.56. The van der Waals surface area contributed by atoms with E-state index in [1.54, 1.807) is 25.1 Å². The van der Waals surface area contributed by atoms with Crippen LogP contribution in [0.5, 0.6) is 0 Å². The first kappa shape index (κ1) is 14.6. The number of aryl methyl sites for hydroxylation is 1. The quantitative estimate of drug-likeness (QED) is 0.877. The summed E-state index contributed by atoms with van der Waals surface area (Å²) in [5.74, 6) is -0.141. The van der Waals surface area contributed by atoms with E-state index in [0.29, 0.717) is 32.9 Å². The lowest BCUT2D eigenvalue weighted by Crippen LogP contribution is -2.08. The van der Waals surface area contributed by atoms with Crippen molar-refractivity contribution in [2.24, 2.45) is 0 Å². The van der Waals surface area contributed by atoms with Gasteiger partial charge in [-0.3, -0.25) is 0 Å². The van der Waals surface area contributed by atoms with Gasteiger partial charge in [-0.2, -0.15) is 0 Å². The summed E-state index contributed by atoms with van der Waals surface area (Å²) in [7, 11) is 1.31.